The molecule has 12 heteroatoms. The average molecular weight is 461 g/mol. The molecule has 0 aliphatic carbocycles. The van der Waals surface area contributed by atoms with Crippen LogP contribution in [-0.2, 0) is 23.9 Å². The monoisotopic (exact) mass is 460 g/mol. The molecule has 9 nitrogen and oxygen atoms in total. The number of halogens is 2. The molecule has 156 valence electrons. The van der Waals surface area contributed by atoms with Crippen molar-refractivity contribution in [1.82, 2.24) is 16.2 Å². The maximum absolute atomic E-state index is 11.9. The third-order valence-electron chi connectivity index (χ3n) is 2.99. The van der Waals surface area contributed by atoms with Crippen LogP contribution in [0.5, 0.6) is 0 Å². The highest BCUT2D eigenvalue weighted by Crippen LogP contribution is 2.25. The van der Waals surface area contributed by atoms with Gasteiger partial charge in [0.25, 0.3) is 0 Å². The van der Waals surface area contributed by atoms with Gasteiger partial charge >= 0.3 is 5.97 Å². The molecule has 0 spiro atoms. The van der Waals surface area contributed by atoms with E-state index in [0.29, 0.717) is 10.7 Å². The van der Waals surface area contributed by atoms with E-state index in [1.54, 1.807) is 19.1 Å². The number of benzene rings is 1. The lowest BCUT2D eigenvalue weighted by atomic mass is 10.2. The number of carbonyl (C=O) groups is 4. The van der Waals surface area contributed by atoms with Gasteiger partial charge in [0, 0.05) is 30.0 Å². The van der Waals surface area contributed by atoms with Crippen LogP contribution >= 0.6 is 35.4 Å². The fourth-order valence-electron chi connectivity index (χ4n) is 1.74. The van der Waals surface area contributed by atoms with Gasteiger partial charge in [-0.2, -0.15) is 0 Å². The van der Waals surface area contributed by atoms with E-state index in [1.807, 2.05) is 0 Å². The summed E-state index contributed by atoms with van der Waals surface area (Å²) in [5, 5.41) is 5.27. The number of ether oxygens (including phenoxy) is 1. The van der Waals surface area contributed by atoms with Crippen molar-refractivity contribution in [3.8, 4) is 0 Å². The molecule has 0 aliphatic heterocycles. The van der Waals surface area contributed by atoms with Crippen molar-refractivity contribution in [3.63, 3.8) is 0 Å². The van der Waals surface area contributed by atoms with Crippen molar-refractivity contribution in [2.75, 3.05) is 11.9 Å². The molecule has 1 rings (SSSR count). The highest BCUT2D eigenvalue weighted by atomic mass is 35.5. The first-order valence-electron chi connectivity index (χ1n) is 8.20. The summed E-state index contributed by atoms with van der Waals surface area (Å²) in [4.78, 5) is 46.2. The summed E-state index contributed by atoms with van der Waals surface area (Å²) in [6.07, 6.45) is 1.60. The number of thiocarbonyl (C=S) groups is 1. The Hall–Kier alpha value is -2.69. The maximum atomic E-state index is 11.9. The van der Waals surface area contributed by atoms with Gasteiger partial charge in [-0.25, -0.2) is 4.79 Å². The molecule has 0 atom stereocenters. The summed E-state index contributed by atoms with van der Waals surface area (Å²) in [6, 6.07) is 4.59. The number of nitrogens with one attached hydrogen (secondary N) is 4. The Morgan fingerprint density at radius 1 is 1.07 bits per heavy atom. The first-order valence-corrected chi connectivity index (χ1v) is 9.37. The smallest absolute Gasteiger partial charge is 0.330 e. The van der Waals surface area contributed by atoms with Gasteiger partial charge in [-0.05, 0) is 37.3 Å². The predicted octanol–water partition coefficient (Wildman–Crippen LogP) is 1.85. The molecule has 0 bridgehead atoms. The Kier molecular flexibility index (Phi) is 10.7. The number of hydrogen-bond donors (Lipinski definition) is 4. The zero-order chi connectivity index (χ0) is 21.8. The molecular weight excluding hydrogens is 443 g/mol. The van der Waals surface area contributed by atoms with E-state index >= 15 is 0 Å². The van der Waals surface area contributed by atoms with E-state index in [-0.39, 0.29) is 29.6 Å². The molecule has 0 fully saturated rings. The molecule has 1 aromatic rings. The molecule has 0 aromatic heterocycles. The zero-order valence-electron chi connectivity index (χ0n) is 15.2. The summed E-state index contributed by atoms with van der Waals surface area (Å²) in [5.41, 5.74) is 4.90. The van der Waals surface area contributed by atoms with Crippen molar-refractivity contribution in [2.24, 2.45) is 0 Å². The summed E-state index contributed by atoms with van der Waals surface area (Å²) < 4.78 is 4.61. The van der Waals surface area contributed by atoms with E-state index in [2.05, 4.69) is 26.2 Å². The summed E-state index contributed by atoms with van der Waals surface area (Å²) in [6.45, 7) is 1.81. The standard InChI is InChI=1S/C17H18Cl2N4O5S/c1-2-28-16(27)8-7-14(25)21-17(29)23-22-15(26)6-5-13(24)20-12-4-3-10(18)9-11(12)19/h3-4,7-9H,2,5-6H2,1H3,(H,20,24)(H,22,26)(H2,21,23,25,29)/b8-7+. The molecule has 0 heterocycles. The molecule has 3 amide bonds. The highest BCUT2D eigenvalue weighted by molar-refractivity contribution is 7.80. The normalized spacial score (nSPS) is 10.2. The number of anilines is 1. The maximum Gasteiger partial charge on any atom is 0.330 e. The average Bonchev–Trinajstić information content (AvgIpc) is 2.65. The van der Waals surface area contributed by atoms with Gasteiger partial charge in [0.05, 0.1) is 17.3 Å². The summed E-state index contributed by atoms with van der Waals surface area (Å²) >= 11 is 16.5. The van der Waals surface area contributed by atoms with Gasteiger partial charge in [0.2, 0.25) is 17.7 Å². The molecular formula is C17H18Cl2N4O5S. The minimum atomic E-state index is -0.691. The molecule has 1 aromatic carbocycles. The van der Waals surface area contributed by atoms with Crippen LogP contribution in [0.1, 0.15) is 19.8 Å². The van der Waals surface area contributed by atoms with E-state index in [1.165, 1.54) is 6.07 Å². The number of esters is 1. The van der Waals surface area contributed by atoms with Crippen LogP contribution in [0.15, 0.2) is 30.4 Å². The number of hydrazine groups is 1. The largest absolute Gasteiger partial charge is 0.463 e. The molecule has 0 saturated carbocycles. The first-order chi connectivity index (χ1) is 13.7. The predicted molar refractivity (Wildman–Crippen MR) is 112 cm³/mol. The third kappa shape index (κ3) is 10.4. The van der Waals surface area contributed by atoms with Gasteiger partial charge in [-0.1, -0.05) is 23.2 Å². The lowest BCUT2D eigenvalue weighted by molar-refractivity contribution is -0.137. The van der Waals surface area contributed by atoms with E-state index in [4.69, 9.17) is 35.4 Å². The third-order valence-corrected chi connectivity index (χ3v) is 3.75. The van der Waals surface area contributed by atoms with E-state index in [9.17, 15) is 19.2 Å². The van der Waals surface area contributed by atoms with Crippen molar-refractivity contribution >= 4 is 69.9 Å². The Morgan fingerprint density at radius 3 is 2.41 bits per heavy atom. The topological polar surface area (TPSA) is 126 Å². The van der Waals surface area contributed by atoms with Crippen molar-refractivity contribution in [2.45, 2.75) is 19.8 Å². The molecule has 0 unspecified atom stereocenters. The molecule has 0 radical (unpaired) electrons. The molecule has 0 saturated heterocycles. The van der Waals surface area contributed by atoms with Gasteiger partial charge in [-0.3, -0.25) is 30.6 Å². The van der Waals surface area contributed by atoms with Crippen molar-refractivity contribution < 1.29 is 23.9 Å². The van der Waals surface area contributed by atoms with Gasteiger partial charge in [0.15, 0.2) is 5.11 Å². The van der Waals surface area contributed by atoms with Crippen LogP contribution in [0.25, 0.3) is 0 Å². The Labute approximate surface area is 182 Å². The molecule has 29 heavy (non-hydrogen) atoms. The van der Waals surface area contributed by atoms with Crippen LogP contribution in [0, 0.1) is 0 Å². The van der Waals surface area contributed by atoms with Crippen LogP contribution in [-0.4, -0.2) is 35.4 Å². The van der Waals surface area contributed by atoms with Crippen molar-refractivity contribution in [3.05, 3.63) is 40.4 Å². The number of hydrogen-bond acceptors (Lipinski definition) is 6. The lowest BCUT2D eigenvalue weighted by Gasteiger charge is -2.10. The second-order valence-electron chi connectivity index (χ2n) is 5.25. The molecule has 4 N–H and O–H groups in total. The second kappa shape index (κ2) is 12.7. The number of rotatable bonds is 7. The Balaban J connectivity index is 2.30. The fraction of sp³-hybridized carbons (Fsp3) is 0.235. The van der Waals surface area contributed by atoms with Crippen LogP contribution in [0.2, 0.25) is 10.0 Å². The van der Waals surface area contributed by atoms with Crippen LogP contribution < -0.4 is 21.5 Å². The number of carbonyl (C=O) groups excluding carboxylic acids is 4. The number of amides is 3. The van der Waals surface area contributed by atoms with Gasteiger partial charge in [-0.15, -0.1) is 0 Å². The highest BCUT2D eigenvalue weighted by Gasteiger charge is 2.10. The minimum Gasteiger partial charge on any atom is -0.463 e. The first kappa shape index (κ1) is 24.3. The summed E-state index contributed by atoms with van der Waals surface area (Å²) in [7, 11) is 0. The lowest BCUT2D eigenvalue weighted by Crippen LogP contribution is -2.48. The van der Waals surface area contributed by atoms with Crippen LogP contribution in [0.4, 0.5) is 5.69 Å². The van der Waals surface area contributed by atoms with Gasteiger partial charge < -0.3 is 10.1 Å². The summed E-state index contributed by atoms with van der Waals surface area (Å²) in [5.74, 6) is -2.33. The second-order valence-corrected chi connectivity index (χ2v) is 6.50. The van der Waals surface area contributed by atoms with E-state index < -0.39 is 23.7 Å². The van der Waals surface area contributed by atoms with Gasteiger partial charge in [0.1, 0.15) is 0 Å². The quantitative estimate of drug-likeness (QED) is 0.211. The SMILES string of the molecule is CCOC(=O)/C=C/C(=O)NC(=S)NNC(=O)CCC(=O)Nc1ccc(Cl)cc1Cl. The molecule has 0 aliphatic rings. The minimum absolute atomic E-state index is 0.117. The van der Waals surface area contributed by atoms with Crippen LogP contribution in [0.3, 0.4) is 0 Å². The van der Waals surface area contributed by atoms with Crippen molar-refractivity contribution in [1.29, 1.82) is 0 Å². The van der Waals surface area contributed by atoms with E-state index in [0.717, 1.165) is 12.2 Å². The Morgan fingerprint density at radius 2 is 1.76 bits per heavy atom. The zero-order valence-corrected chi connectivity index (χ0v) is 17.5. The fourth-order valence-corrected chi connectivity index (χ4v) is 2.35. The Bertz CT molecular complexity index is 832.